The van der Waals surface area contributed by atoms with Gasteiger partial charge in [0.1, 0.15) is 6.61 Å². The number of esters is 1. The van der Waals surface area contributed by atoms with Crippen LogP contribution in [0, 0.1) is 0 Å². The molecule has 0 aliphatic heterocycles. The highest BCUT2D eigenvalue weighted by atomic mass is 32.2. The second kappa shape index (κ2) is 7.56. The standard InChI is InChI=1S/C15H19NO6S/c1-21-15(18)11-5-4-8-13(9-11)23(19,20)16-14(17)10-22-12-6-2-3-7-12/h4-5,8-9,12H,2-3,6-7,10H2,1H3,(H,16,17). The van der Waals surface area contributed by atoms with E-state index in [4.69, 9.17) is 4.74 Å². The number of nitrogens with one attached hydrogen (secondary N) is 1. The van der Waals surface area contributed by atoms with Gasteiger partial charge in [-0.25, -0.2) is 17.9 Å². The van der Waals surface area contributed by atoms with Gasteiger partial charge >= 0.3 is 5.97 Å². The molecule has 1 aromatic carbocycles. The Kier molecular flexibility index (Phi) is 5.73. The number of ether oxygens (including phenoxy) is 2. The lowest BCUT2D eigenvalue weighted by Gasteiger charge is -2.11. The maximum Gasteiger partial charge on any atom is 0.337 e. The molecule has 0 spiro atoms. The Morgan fingerprint density at radius 3 is 2.61 bits per heavy atom. The third-order valence-electron chi connectivity index (χ3n) is 3.57. The van der Waals surface area contributed by atoms with Gasteiger partial charge in [-0.05, 0) is 31.0 Å². The highest BCUT2D eigenvalue weighted by molar-refractivity contribution is 7.90. The fourth-order valence-corrected chi connectivity index (χ4v) is 3.41. The van der Waals surface area contributed by atoms with Crippen LogP contribution in [0.3, 0.4) is 0 Å². The summed E-state index contributed by atoms with van der Waals surface area (Å²) >= 11 is 0. The molecular formula is C15H19NO6S. The molecule has 8 heteroatoms. The monoisotopic (exact) mass is 341 g/mol. The molecule has 1 fully saturated rings. The Labute approximate surface area is 135 Å². The summed E-state index contributed by atoms with van der Waals surface area (Å²) in [6.07, 6.45) is 3.92. The Bertz CT molecular complexity index is 679. The predicted octanol–water partition coefficient (Wildman–Crippen LogP) is 1.24. The van der Waals surface area contributed by atoms with Crippen LogP contribution in [0.25, 0.3) is 0 Å². The lowest BCUT2D eigenvalue weighted by molar-refractivity contribution is -0.125. The van der Waals surface area contributed by atoms with Gasteiger partial charge in [0.05, 0.1) is 23.7 Å². The maximum atomic E-state index is 12.2. The Hall–Kier alpha value is -1.93. The van der Waals surface area contributed by atoms with Crippen LogP contribution in [0.15, 0.2) is 29.2 Å². The normalized spacial score (nSPS) is 15.3. The zero-order valence-electron chi connectivity index (χ0n) is 12.8. The first-order valence-corrected chi connectivity index (χ1v) is 8.76. The van der Waals surface area contributed by atoms with Crippen molar-refractivity contribution >= 4 is 21.9 Å². The van der Waals surface area contributed by atoms with Crippen LogP contribution >= 0.6 is 0 Å². The number of carbonyl (C=O) groups is 2. The van der Waals surface area contributed by atoms with Crippen LogP contribution in [0.2, 0.25) is 0 Å². The van der Waals surface area contributed by atoms with Gasteiger partial charge in [-0.1, -0.05) is 18.9 Å². The molecular weight excluding hydrogens is 322 g/mol. The van der Waals surface area contributed by atoms with E-state index in [-0.39, 0.29) is 23.2 Å². The second-order valence-corrected chi connectivity index (χ2v) is 6.95. The number of rotatable bonds is 6. The lowest BCUT2D eigenvalue weighted by Crippen LogP contribution is -2.34. The van der Waals surface area contributed by atoms with Gasteiger partial charge < -0.3 is 9.47 Å². The number of sulfonamides is 1. The summed E-state index contributed by atoms with van der Waals surface area (Å²) < 4.78 is 36.2. The van der Waals surface area contributed by atoms with Gasteiger partial charge in [-0.2, -0.15) is 0 Å². The minimum absolute atomic E-state index is 0.0195. The number of benzene rings is 1. The first-order valence-electron chi connectivity index (χ1n) is 7.28. The van der Waals surface area contributed by atoms with Crippen LogP contribution in [0.1, 0.15) is 36.0 Å². The molecule has 0 bridgehead atoms. The minimum atomic E-state index is -4.06. The Morgan fingerprint density at radius 1 is 1.26 bits per heavy atom. The third kappa shape index (κ3) is 4.77. The molecule has 1 aliphatic carbocycles. The highest BCUT2D eigenvalue weighted by Gasteiger charge is 2.21. The molecule has 7 nitrogen and oxygen atoms in total. The molecule has 0 atom stereocenters. The molecule has 1 saturated carbocycles. The minimum Gasteiger partial charge on any atom is -0.465 e. The van der Waals surface area contributed by atoms with Crippen molar-refractivity contribution in [2.45, 2.75) is 36.7 Å². The zero-order chi connectivity index (χ0) is 16.9. The summed E-state index contributed by atoms with van der Waals surface area (Å²) in [4.78, 5) is 23.0. The van der Waals surface area contributed by atoms with Crippen molar-refractivity contribution in [3.63, 3.8) is 0 Å². The van der Waals surface area contributed by atoms with Crippen molar-refractivity contribution in [1.82, 2.24) is 4.72 Å². The first kappa shape index (κ1) is 17.4. The molecule has 0 unspecified atom stereocenters. The van der Waals surface area contributed by atoms with Crippen LogP contribution in [-0.2, 0) is 24.3 Å². The van der Waals surface area contributed by atoms with Crippen LogP contribution in [0.4, 0.5) is 0 Å². The fraction of sp³-hybridized carbons (Fsp3) is 0.467. The molecule has 1 aliphatic rings. The van der Waals surface area contributed by atoms with Gasteiger partial charge in [0.2, 0.25) is 0 Å². The van der Waals surface area contributed by atoms with E-state index in [1.54, 1.807) is 0 Å². The summed E-state index contributed by atoms with van der Waals surface area (Å²) in [5.41, 5.74) is 0.0880. The third-order valence-corrected chi connectivity index (χ3v) is 4.94. The molecule has 0 aromatic heterocycles. The number of methoxy groups -OCH3 is 1. The van der Waals surface area contributed by atoms with Crippen LogP contribution in [0.5, 0.6) is 0 Å². The molecule has 1 aromatic rings. The van der Waals surface area contributed by atoms with Gasteiger partial charge in [0.15, 0.2) is 0 Å². The van der Waals surface area contributed by atoms with Crippen molar-refractivity contribution in [2.75, 3.05) is 13.7 Å². The van der Waals surface area contributed by atoms with Crippen molar-refractivity contribution in [2.24, 2.45) is 0 Å². The number of hydrogen-bond acceptors (Lipinski definition) is 6. The van der Waals surface area contributed by atoms with E-state index < -0.39 is 21.9 Å². The largest absolute Gasteiger partial charge is 0.465 e. The van der Waals surface area contributed by atoms with Crippen LogP contribution in [-0.4, -0.2) is 40.1 Å². The predicted molar refractivity (Wildman–Crippen MR) is 81.3 cm³/mol. The summed E-state index contributed by atoms with van der Waals surface area (Å²) in [5.74, 6) is -1.39. The highest BCUT2D eigenvalue weighted by Crippen LogP contribution is 2.20. The number of hydrogen-bond donors (Lipinski definition) is 1. The maximum absolute atomic E-state index is 12.2. The quantitative estimate of drug-likeness (QED) is 0.782. The van der Waals surface area contributed by atoms with Gasteiger partial charge in [0, 0.05) is 0 Å². The van der Waals surface area contributed by atoms with Crippen LogP contribution < -0.4 is 4.72 Å². The van der Waals surface area contributed by atoms with E-state index in [0.29, 0.717) is 0 Å². The van der Waals surface area contributed by atoms with E-state index in [9.17, 15) is 18.0 Å². The Morgan fingerprint density at radius 2 is 1.96 bits per heavy atom. The first-order chi connectivity index (χ1) is 10.9. The molecule has 1 amide bonds. The second-order valence-electron chi connectivity index (χ2n) is 5.27. The average molecular weight is 341 g/mol. The molecule has 126 valence electrons. The zero-order valence-corrected chi connectivity index (χ0v) is 13.6. The van der Waals surface area contributed by atoms with E-state index in [0.717, 1.165) is 31.7 Å². The van der Waals surface area contributed by atoms with Crippen molar-refractivity contribution in [3.8, 4) is 0 Å². The van der Waals surface area contributed by atoms with E-state index in [1.807, 2.05) is 4.72 Å². The fourth-order valence-electron chi connectivity index (χ4n) is 2.39. The van der Waals surface area contributed by atoms with Crippen molar-refractivity contribution in [1.29, 1.82) is 0 Å². The van der Waals surface area contributed by atoms with Crippen molar-refractivity contribution in [3.05, 3.63) is 29.8 Å². The molecule has 23 heavy (non-hydrogen) atoms. The smallest absolute Gasteiger partial charge is 0.337 e. The molecule has 2 rings (SSSR count). The van der Waals surface area contributed by atoms with Gasteiger partial charge in [-0.3, -0.25) is 4.79 Å². The van der Waals surface area contributed by atoms with Gasteiger partial charge in [0.25, 0.3) is 15.9 Å². The Balaban J connectivity index is 2.00. The SMILES string of the molecule is COC(=O)c1cccc(S(=O)(=O)NC(=O)COC2CCCC2)c1. The molecule has 1 N–H and O–H groups in total. The van der Waals surface area contributed by atoms with Gasteiger partial charge in [-0.15, -0.1) is 0 Å². The molecule has 0 heterocycles. The summed E-state index contributed by atoms with van der Waals surface area (Å²) in [5, 5.41) is 0. The number of carbonyl (C=O) groups excluding carboxylic acids is 2. The van der Waals surface area contributed by atoms with E-state index in [2.05, 4.69) is 4.74 Å². The topological polar surface area (TPSA) is 98.8 Å². The van der Waals surface area contributed by atoms with E-state index >= 15 is 0 Å². The molecule has 0 saturated heterocycles. The molecule has 0 radical (unpaired) electrons. The van der Waals surface area contributed by atoms with Crippen molar-refractivity contribution < 1.29 is 27.5 Å². The van der Waals surface area contributed by atoms with E-state index in [1.165, 1.54) is 25.3 Å². The average Bonchev–Trinajstić information content (AvgIpc) is 3.05. The summed E-state index contributed by atoms with van der Waals surface area (Å²) in [6.45, 7) is -0.305. The number of amides is 1. The lowest BCUT2D eigenvalue weighted by atomic mass is 10.2. The summed E-state index contributed by atoms with van der Waals surface area (Å²) in [6, 6.07) is 5.27. The summed E-state index contributed by atoms with van der Waals surface area (Å²) in [7, 11) is -2.86.